The molecule has 2 aromatic carbocycles. The van der Waals surface area contributed by atoms with Crippen LogP contribution in [0.1, 0.15) is 15.9 Å². The highest BCUT2D eigenvalue weighted by Crippen LogP contribution is 2.11. The van der Waals surface area contributed by atoms with Crippen molar-refractivity contribution in [1.29, 1.82) is 0 Å². The third kappa shape index (κ3) is 4.10. The van der Waals surface area contributed by atoms with Crippen LogP contribution in [-0.4, -0.2) is 19.0 Å². The van der Waals surface area contributed by atoms with Crippen LogP contribution in [0.15, 0.2) is 54.6 Å². The third-order valence-corrected chi connectivity index (χ3v) is 2.92. The van der Waals surface area contributed by atoms with Crippen molar-refractivity contribution >= 4 is 11.6 Å². The van der Waals surface area contributed by atoms with Crippen LogP contribution in [0.2, 0.25) is 0 Å². The first kappa shape index (κ1) is 14.1. The Labute approximate surface area is 119 Å². The monoisotopic (exact) mass is 269 g/mol. The Kier molecular flexibility index (Phi) is 5.15. The fourth-order valence-corrected chi connectivity index (χ4v) is 1.83. The number of rotatable bonds is 6. The van der Waals surface area contributed by atoms with E-state index in [1.807, 2.05) is 30.3 Å². The molecular formula is C16H19N3O. The van der Waals surface area contributed by atoms with E-state index in [9.17, 15) is 4.79 Å². The van der Waals surface area contributed by atoms with Gasteiger partial charge in [-0.1, -0.05) is 30.3 Å². The van der Waals surface area contributed by atoms with Gasteiger partial charge in [0.05, 0.1) is 0 Å². The molecule has 4 nitrogen and oxygen atoms in total. The standard InChI is InChI=1S/C16H19N3O/c17-10-11-18-16(20)14-6-8-15(9-7-14)19-12-13-4-2-1-3-5-13/h1-9,19H,10-12,17H2,(H,18,20). The van der Waals surface area contributed by atoms with Crippen LogP contribution in [0.3, 0.4) is 0 Å². The summed E-state index contributed by atoms with van der Waals surface area (Å²) in [4.78, 5) is 11.7. The molecule has 0 aliphatic carbocycles. The number of anilines is 1. The SMILES string of the molecule is NCCNC(=O)c1ccc(NCc2ccccc2)cc1. The van der Waals surface area contributed by atoms with Crippen molar-refractivity contribution in [2.45, 2.75) is 6.54 Å². The Bertz CT molecular complexity index is 537. The van der Waals surface area contributed by atoms with Crippen molar-refractivity contribution in [2.75, 3.05) is 18.4 Å². The molecule has 1 amide bonds. The Morgan fingerprint density at radius 2 is 1.70 bits per heavy atom. The molecule has 0 saturated heterocycles. The Morgan fingerprint density at radius 1 is 1.00 bits per heavy atom. The molecule has 0 fully saturated rings. The molecule has 2 aromatic rings. The van der Waals surface area contributed by atoms with Gasteiger partial charge in [-0.25, -0.2) is 0 Å². The lowest BCUT2D eigenvalue weighted by Gasteiger charge is -2.08. The Balaban J connectivity index is 1.90. The zero-order valence-corrected chi connectivity index (χ0v) is 11.3. The lowest BCUT2D eigenvalue weighted by Crippen LogP contribution is -2.28. The summed E-state index contributed by atoms with van der Waals surface area (Å²) in [6, 6.07) is 17.6. The van der Waals surface area contributed by atoms with Gasteiger partial charge >= 0.3 is 0 Å². The average molecular weight is 269 g/mol. The van der Waals surface area contributed by atoms with Gasteiger partial charge in [0.1, 0.15) is 0 Å². The maximum atomic E-state index is 11.7. The van der Waals surface area contributed by atoms with E-state index < -0.39 is 0 Å². The molecule has 104 valence electrons. The zero-order chi connectivity index (χ0) is 14.2. The number of amides is 1. The summed E-state index contributed by atoms with van der Waals surface area (Å²) in [5.74, 6) is -0.0925. The molecule has 0 saturated carbocycles. The molecule has 0 aliphatic heterocycles. The number of carbonyl (C=O) groups excluding carboxylic acids is 1. The second kappa shape index (κ2) is 7.31. The van der Waals surface area contributed by atoms with Crippen LogP contribution in [0.5, 0.6) is 0 Å². The Morgan fingerprint density at radius 3 is 2.35 bits per heavy atom. The maximum Gasteiger partial charge on any atom is 0.251 e. The topological polar surface area (TPSA) is 67.1 Å². The number of benzene rings is 2. The van der Waals surface area contributed by atoms with Gasteiger partial charge in [-0.3, -0.25) is 4.79 Å². The van der Waals surface area contributed by atoms with E-state index in [0.29, 0.717) is 18.7 Å². The molecule has 2 rings (SSSR count). The van der Waals surface area contributed by atoms with Crippen molar-refractivity contribution in [3.8, 4) is 0 Å². The first-order valence-electron chi connectivity index (χ1n) is 6.66. The van der Waals surface area contributed by atoms with Gasteiger partial charge in [-0.2, -0.15) is 0 Å². The van der Waals surface area contributed by atoms with Crippen LogP contribution in [-0.2, 0) is 6.54 Å². The minimum absolute atomic E-state index is 0.0925. The summed E-state index contributed by atoms with van der Waals surface area (Å²) >= 11 is 0. The maximum absolute atomic E-state index is 11.7. The van der Waals surface area contributed by atoms with Gasteiger partial charge in [0.2, 0.25) is 0 Å². The van der Waals surface area contributed by atoms with Crippen molar-refractivity contribution in [3.63, 3.8) is 0 Å². The molecule has 0 bridgehead atoms. The second-order valence-corrected chi connectivity index (χ2v) is 4.46. The summed E-state index contributed by atoms with van der Waals surface area (Å²) in [5, 5.41) is 6.06. The predicted molar refractivity (Wildman–Crippen MR) is 81.6 cm³/mol. The third-order valence-electron chi connectivity index (χ3n) is 2.92. The van der Waals surface area contributed by atoms with Gasteiger partial charge in [0.25, 0.3) is 5.91 Å². The molecule has 0 aromatic heterocycles. The van der Waals surface area contributed by atoms with Crippen LogP contribution in [0.4, 0.5) is 5.69 Å². The molecule has 4 heteroatoms. The largest absolute Gasteiger partial charge is 0.381 e. The van der Waals surface area contributed by atoms with Gasteiger partial charge in [-0.05, 0) is 29.8 Å². The summed E-state index contributed by atoms with van der Waals surface area (Å²) in [6.07, 6.45) is 0. The molecule has 0 unspecified atom stereocenters. The average Bonchev–Trinajstić information content (AvgIpc) is 2.52. The summed E-state index contributed by atoms with van der Waals surface area (Å²) < 4.78 is 0. The minimum atomic E-state index is -0.0925. The van der Waals surface area contributed by atoms with E-state index in [-0.39, 0.29) is 5.91 Å². The molecule has 0 atom stereocenters. The van der Waals surface area contributed by atoms with Crippen LogP contribution < -0.4 is 16.4 Å². The van der Waals surface area contributed by atoms with Crippen LogP contribution in [0, 0.1) is 0 Å². The van der Waals surface area contributed by atoms with Crippen molar-refractivity contribution in [3.05, 3.63) is 65.7 Å². The molecule has 0 radical (unpaired) electrons. The van der Waals surface area contributed by atoms with Gasteiger partial charge in [0, 0.05) is 30.9 Å². The van der Waals surface area contributed by atoms with Crippen molar-refractivity contribution in [1.82, 2.24) is 5.32 Å². The number of carbonyl (C=O) groups is 1. The van der Waals surface area contributed by atoms with Crippen LogP contribution in [0.25, 0.3) is 0 Å². The fourth-order valence-electron chi connectivity index (χ4n) is 1.83. The minimum Gasteiger partial charge on any atom is -0.381 e. The van der Waals surface area contributed by atoms with E-state index >= 15 is 0 Å². The van der Waals surface area contributed by atoms with Crippen LogP contribution >= 0.6 is 0 Å². The Hall–Kier alpha value is -2.33. The van der Waals surface area contributed by atoms with Gasteiger partial charge < -0.3 is 16.4 Å². The fraction of sp³-hybridized carbons (Fsp3) is 0.188. The molecule has 20 heavy (non-hydrogen) atoms. The molecule has 0 heterocycles. The molecule has 0 aliphatic rings. The number of nitrogens with two attached hydrogens (primary N) is 1. The lowest BCUT2D eigenvalue weighted by atomic mass is 10.2. The molecular weight excluding hydrogens is 250 g/mol. The van der Waals surface area contributed by atoms with E-state index in [1.165, 1.54) is 5.56 Å². The normalized spacial score (nSPS) is 10.1. The van der Waals surface area contributed by atoms with Crippen molar-refractivity contribution < 1.29 is 4.79 Å². The molecule has 0 spiro atoms. The quantitative estimate of drug-likeness (QED) is 0.751. The zero-order valence-electron chi connectivity index (χ0n) is 11.3. The van der Waals surface area contributed by atoms with Gasteiger partial charge in [0.15, 0.2) is 0 Å². The number of hydrogen-bond acceptors (Lipinski definition) is 3. The first-order valence-corrected chi connectivity index (χ1v) is 6.66. The second-order valence-electron chi connectivity index (χ2n) is 4.46. The lowest BCUT2D eigenvalue weighted by molar-refractivity contribution is 0.0955. The summed E-state index contributed by atoms with van der Waals surface area (Å²) in [7, 11) is 0. The highest BCUT2D eigenvalue weighted by atomic mass is 16.1. The van der Waals surface area contributed by atoms with E-state index in [0.717, 1.165) is 12.2 Å². The van der Waals surface area contributed by atoms with Gasteiger partial charge in [-0.15, -0.1) is 0 Å². The van der Waals surface area contributed by atoms with E-state index in [1.54, 1.807) is 12.1 Å². The molecule has 4 N–H and O–H groups in total. The highest BCUT2D eigenvalue weighted by Gasteiger charge is 2.03. The van der Waals surface area contributed by atoms with Crippen molar-refractivity contribution in [2.24, 2.45) is 5.73 Å². The smallest absolute Gasteiger partial charge is 0.251 e. The highest BCUT2D eigenvalue weighted by molar-refractivity contribution is 5.94. The van der Waals surface area contributed by atoms with E-state index in [4.69, 9.17) is 5.73 Å². The summed E-state index contributed by atoms with van der Waals surface area (Å²) in [5.41, 5.74) is 8.20. The summed E-state index contributed by atoms with van der Waals surface area (Å²) in [6.45, 7) is 1.70. The predicted octanol–water partition coefficient (Wildman–Crippen LogP) is 1.99. The number of nitrogens with one attached hydrogen (secondary N) is 2. The number of hydrogen-bond donors (Lipinski definition) is 3. The van der Waals surface area contributed by atoms with E-state index in [2.05, 4.69) is 22.8 Å². The first-order chi connectivity index (χ1) is 9.79.